The standard InChI is InChI=1S/C12H18BrN3O/c1-12(2)4-3-10(7-17)16(8-12)11-14-5-9(13)6-15-11/h5-6,10,17H,3-4,7-8H2,1-2H3/t10-/m1/s1. The van der Waals surface area contributed by atoms with Crippen molar-refractivity contribution in [3.8, 4) is 0 Å². The van der Waals surface area contributed by atoms with Gasteiger partial charge in [-0.05, 0) is 34.2 Å². The number of hydrogen-bond acceptors (Lipinski definition) is 4. The molecule has 4 nitrogen and oxygen atoms in total. The zero-order valence-corrected chi connectivity index (χ0v) is 11.8. The van der Waals surface area contributed by atoms with Gasteiger partial charge in [-0.15, -0.1) is 0 Å². The van der Waals surface area contributed by atoms with Crippen molar-refractivity contribution in [3.63, 3.8) is 0 Å². The highest BCUT2D eigenvalue weighted by Gasteiger charge is 2.33. The maximum atomic E-state index is 9.44. The lowest BCUT2D eigenvalue weighted by Crippen LogP contribution is -2.49. The van der Waals surface area contributed by atoms with E-state index in [4.69, 9.17) is 0 Å². The first kappa shape index (κ1) is 12.8. The highest BCUT2D eigenvalue weighted by molar-refractivity contribution is 9.10. The fourth-order valence-corrected chi connectivity index (χ4v) is 2.46. The molecule has 0 saturated carbocycles. The zero-order valence-electron chi connectivity index (χ0n) is 10.2. The molecule has 17 heavy (non-hydrogen) atoms. The molecule has 1 aliphatic heterocycles. The lowest BCUT2D eigenvalue weighted by molar-refractivity contribution is 0.188. The highest BCUT2D eigenvalue weighted by Crippen LogP contribution is 2.33. The van der Waals surface area contributed by atoms with E-state index in [1.54, 1.807) is 12.4 Å². The van der Waals surface area contributed by atoms with Gasteiger partial charge in [-0.25, -0.2) is 9.97 Å². The van der Waals surface area contributed by atoms with Gasteiger partial charge in [0.15, 0.2) is 0 Å². The van der Waals surface area contributed by atoms with Crippen LogP contribution in [0.4, 0.5) is 5.95 Å². The molecular formula is C12H18BrN3O. The molecule has 2 rings (SSSR count). The van der Waals surface area contributed by atoms with Gasteiger partial charge in [-0.1, -0.05) is 13.8 Å². The minimum absolute atomic E-state index is 0.143. The summed E-state index contributed by atoms with van der Waals surface area (Å²) in [5.74, 6) is 0.708. The Bertz CT molecular complexity index is 380. The maximum Gasteiger partial charge on any atom is 0.225 e. The fraction of sp³-hybridized carbons (Fsp3) is 0.667. The van der Waals surface area contributed by atoms with Gasteiger partial charge < -0.3 is 10.0 Å². The Kier molecular flexibility index (Phi) is 3.68. The molecule has 0 aromatic carbocycles. The Balaban J connectivity index is 2.23. The summed E-state index contributed by atoms with van der Waals surface area (Å²) < 4.78 is 0.873. The van der Waals surface area contributed by atoms with Crippen LogP contribution in [-0.2, 0) is 0 Å². The molecule has 0 aliphatic carbocycles. The minimum Gasteiger partial charge on any atom is -0.394 e. The first-order valence-corrected chi connectivity index (χ1v) is 6.66. The number of anilines is 1. The third-order valence-electron chi connectivity index (χ3n) is 3.27. The van der Waals surface area contributed by atoms with Gasteiger partial charge in [0, 0.05) is 18.9 Å². The van der Waals surface area contributed by atoms with E-state index in [-0.39, 0.29) is 18.1 Å². The molecule has 1 aromatic rings. The second-order valence-corrected chi connectivity index (χ2v) is 6.28. The van der Waals surface area contributed by atoms with E-state index in [2.05, 4.69) is 44.6 Å². The zero-order chi connectivity index (χ0) is 12.5. The predicted octanol–water partition coefficient (Wildman–Crippen LogP) is 2.23. The normalized spacial score (nSPS) is 23.8. The van der Waals surface area contributed by atoms with Crippen LogP contribution in [0.2, 0.25) is 0 Å². The molecule has 1 atom stereocenters. The quantitative estimate of drug-likeness (QED) is 0.910. The van der Waals surface area contributed by atoms with Gasteiger partial charge >= 0.3 is 0 Å². The smallest absolute Gasteiger partial charge is 0.225 e. The summed E-state index contributed by atoms with van der Waals surface area (Å²) in [5, 5.41) is 9.44. The van der Waals surface area contributed by atoms with Gasteiger partial charge in [0.05, 0.1) is 17.1 Å². The first-order chi connectivity index (χ1) is 8.02. The summed E-state index contributed by atoms with van der Waals surface area (Å²) in [6.07, 6.45) is 5.62. The number of hydrogen-bond donors (Lipinski definition) is 1. The highest BCUT2D eigenvalue weighted by atomic mass is 79.9. The lowest BCUT2D eigenvalue weighted by atomic mass is 9.81. The van der Waals surface area contributed by atoms with Crippen LogP contribution in [0.25, 0.3) is 0 Å². The molecule has 1 aliphatic rings. The van der Waals surface area contributed by atoms with Crippen molar-refractivity contribution in [2.24, 2.45) is 5.41 Å². The van der Waals surface area contributed by atoms with Crippen molar-refractivity contribution in [1.82, 2.24) is 9.97 Å². The average molecular weight is 300 g/mol. The van der Waals surface area contributed by atoms with Gasteiger partial charge in [0.25, 0.3) is 0 Å². The molecule has 0 spiro atoms. The van der Waals surface area contributed by atoms with Gasteiger partial charge in [0.2, 0.25) is 5.95 Å². The third kappa shape index (κ3) is 2.96. The number of rotatable bonds is 2. The van der Waals surface area contributed by atoms with Crippen molar-refractivity contribution in [1.29, 1.82) is 0 Å². The topological polar surface area (TPSA) is 49.2 Å². The second-order valence-electron chi connectivity index (χ2n) is 5.37. The van der Waals surface area contributed by atoms with Crippen LogP contribution < -0.4 is 4.90 Å². The molecule has 0 radical (unpaired) electrons. The fourth-order valence-electron chi connectivity index (χ4n) is 2.26. The summed E-state index contributed by atoms with van der Waals surface area (Å²) in [7, 11) is 0. The molecule has 94 valence electrons. The summed E-state index contributed by atoms with van der Waals surface area (Å²) >= 11 is 3.33. The van der Waals surface area contributed by atoms with E-state index in [1.807, 2.05) is 0 Å². The van der Waals surface area contributed by atoms with Gasteiger partial charge in [-0.2, -0.15) is 0 Å². The Hall–Kier alpha value is -0.680. The van der Waals surface area contributed by atoms with Crippen LogP contribution in [0.3, 0.4) is 0 Å². The number of aromatic nitrogens is 2. The molecule has 0 unspecified atom stereocenters. The van der Waals surface area contributed by atoms with Crippen LogP contribution in [0.15, 0.2) is 16.9 Å². The Labute approximate surface area is 110 Å². The molecule has 5 heteroatoms. The van der Waals surface area contributed by atoms with E-state index in [1.165, 1.54) is 0 Å². The van der Waals surface area contributed by atoms with Crippen molar-refractivity contribution in [3.05, 3.63) is 16.9 Å². The molecule has 1 aromatic heterocycles. The van der Waals surface area contributed by atoms with Crippen molar-refractivity contribution < 1.29 is 5.11 Å². The number of nitrogens with zero attached hydrogens (tertiary/aromatic N) is 3. The number of aliphatic hydroxyl groups excluding tert-OH is 1. The molecule has 0 amide bonds. The molecular weight excluding hydrogens is 282 g/mol. The van der Waals surface area contributed by atoms with Crippen LogP contribution in [0.5, 0.6) is 0 Å². The van der Waals surface area contributed by atoms with Crippen LogP contribution in [-0.4, -0.2) is 34.3 Å². The predicted molar refractivity (Wildman–Crippen MR) is 71.0 cm³/mol. The van der Waals surface area contributed by atoms with Crippen LogP contribution in [0, 0.1) is 5.41 Å². The molecule has 1 fully saturated rings. The molecule has 0 bridgehead atoms. The summed E-state index contributed by atoms with van der Waals surface area (Å²) in [6.45, 7) is 5.54. The first-order valence-electron chi connectivity index (χ1n) is 5.87. The average Bonchev–Trinajstić information content (AvgIpc) is 2.29. The Morgan fingerprint density at radius 1 is 1.47 bits per heavy atom. The van der Waals surface area contributed by atoms with E-state index in [0.29, 0.717) is 5.95 Å². The third-order valence-corrected chi connectivity index (χ3v) is 3.68. The van der Waals surface area contributed by atoms with Crippen LogP contribution in [0.1, 0.15) is 26.7 Å². The van der Waals surface area contributed by atoms with Crippen molar-refractivity contribution in [2.45, 2.75) is 32.7 Å². The van der Waals surface area contributed by atoms with Crippen molar-refractivity contribution in [2.75, 3.05) is 18.1 Å². The Morgan fingerprint density at radius 2 is 2.12 bits per heavy atom. The molecule has 2 heterocycles. The van der Waals surface area contributed by atoms with Gasteiger partial charge in [-0.3, -0.25) is 0 Å². The lowest BCUT2D eigenvalue weighted by Gasteiger charge is -2.43. The number of aliphatic hydroxyl groups is 1. The van der Waals surface area contributed by atoms with Gasteiger partial charge in [0.1, 0.15) is 0 Å². The maximum absolute atomic E-state index is 9.44. The van der Waals surface area contributed by atoms with E-state index >= 15 is 0 Å². The van der Waals surface area contributed by atoms with Crippen LogP contribution >= 0.6 is 15.9 Å². The summed E-state index contributed by atoms with van der Waals surface area (Å²) in [4.78, 5) is 10.8. The monoisotopic (exact) mass is 299 g/mol. The summed E-state index contributed by atoms with van der Waals surface area (Å²) in [6, 6.07) is 0.143. The SMILES string of the molecule is CC1(C)CC[C@H](CO)N(c2ncc(Br)cn2)C1. The second kappa shape index (κ2) is 4.90. The summed E-state index contributed by atoms with van der Waals surface area (Å²) in [5.41, 5.74) is 0.252. The molecule has 1 N–H and O–H groups in total. The van der Waals surface area contributed by atoms with Crippen molar-refractivity contribution >= 4 is 21.9 Å². The van der Waals surface area contributed by atoms with E-state index < -0.39 is 0 Å². The van der Waals surface area contributed by atoms with E-state index in [9.17, 15) is 5.11 Å². The molecule has 1 saturated heterocycles. The minimum atomic E-state index is 0.143. The number of piperidine rings is 1. The van der Waals surface area contributed by atoms with E-state index in [0.717, 1.165) is 23.9 Å². The Morgan fingerprint density at radius 3 is 2.71 bits per heavy atom. The number of halogens is 1. The largest absolute Gasteiger partial charge is 0.394 e.